The van der Waals surface area contributed by atoms with Crippen molar-refractivity contribution in [1.29, 1.82) is 0 Å². The van der Waals surface area contributed by atoms with Crippen molar-refractivity contribution in [3.8, 4) is 0 Å². The number of hydrogen-bond acceptors (Lipinski definition) is 5. The molecule has 0 aliphatic carbocycles. The second kappa shape index (κ2) is 4.65. The maximum Gasteiger partial charge on any atom is 0.145 e. The molecule has 0 spiro atoms. The van der Waals surface area contributed by atoms with E-state index >= 15 is 0 Å². The van der Waals surface area contributed by atoms with E-state index < -0.39 is 0 Å². The van der Waals surface area contributed by atoms with Crippen LogP contribution in [0.1, 0.15) is 27.7 Å². The van der Waals surface area contributed by atoms with Gasteiger partial charge in [0.05, 0.1) is 0 Å². The normalized spacial score (nSPS) is 13.4. The Morgan fingerprint density at radius 3 is 2.50 bits per heavy atom. The number of nitrogen functional groups attached to an aromatic ring is 1. The molecule has 0 saturated carbocycles. The molecule has 0 saturated heterocycles. The van der Waals surface area contributed by atoms with Crippen LogP contribution in [0.2, 0.25) is 0 Å². The van der Waals surface area contributed by atoms with Gasteiger partial charge in [0.1, 0.15) is 18.0 Å². The third kappa shape index (κ3) is 2.82. The predicted octanol–water partition coefficient (Wildman–Crippen LogP) is 1.63. The number of hydrazine groups is 1. The molecule has 5 nitrogen and oxygen atoms in total. The Morgan fingerprint density at radius 1 is 1.38 bits per heavy atom. The van der Waals surface area contributed by atoms with E-state index in [1.54, 1.807) is 0 Å². The van der Waals surface area contributed by atoms with Gasteiger partial charge in [-0.25, -0.2) is 15.8 Å². The highest BCUT2D eigenvalue weighted by Crippen LogP contribution is 2.26. The van der Waals surface area contributed by atoms with Gasteiger partial charge in [0.25, 0.3) is 0 Å². The van der Waals surface area contributed by atoms with Gasteiger partial charge in [-0.3, -0.25) is 0 Å². The quantitative estimate of drug-likeness (QED) is 0.602. The van der Waals surface area contributed by atoms with E-state index in [0.29, 0.717) is 11.9 Å². The maximum absolute atomic E-state index is 5.32. The molecular formula is C11H21N5. The van der Waals surface area contributed by atoms with E-state index in [-0.39, 0.29) is 5.41 Å². The van der Waals surface area contributed by atoms with Gasteiger partial charge in [-0.05, 0) is 12.3 Å². The lowest BCUT2D eigenvalue weighted by Gasteiger charge is -2.36. The van der Waals surface area contributed by atoms with Gasteiger partial charge in [-0.2, -0.15) is 0 Å². The van der Waals surface area contributed by atoms with Crippen LogP contribution in [-0.2, 0) is 0 Å². The number of nitrogens with one attached hydrogen (secondary N) is 1. The molecule has 1 unspecified atom stereocenters. The van der Waals surface area contributed by atoms with Gasteiger partial charge in [0.15, 0.2) is 0 Å². The molecule has 1 aromatic rings. The van der Waals surface area contributed by atoms with Crippen molar-refractivity contribution in [2.24, 2.45) is 11.3 Å². The van der Waals surface area contributed by atoms with Crippen LogP contribution in [0.3, 0.4) is 0 Å². The van der Waals surface area contributed by atoms with Crippen LogP contribution in [-0.4, -0.2) is 23.1 Å². The molecule has 0 amide bonds. The summed E-state index contributed by atoms with van der Waals surface area (Å²) in [6, 6.07) is 2.20. The molecule has 0 fully saturated rings. The molecule has 1 atom stereocenters. The first-order valence-electron chi connectivity index (χ1n) is 5.37. The average molecular weight is 223 g/mol. The van der Waals surface area contributed by atoms with E-state index in [1.165, 1.54) is 6.33 Å². The summed E-state index contributed by atoms with van der Waals surface area (Å²) in [4.78, 5) is 10.4. The fourth-order valence-electron chi connectivity index (χ4n) is 1.40. The largest absolute Gasteiger partial charge is 0.356 e. The van der Waals surface area contributed by atoms with Crippen LogP contribution in [0.25, 0.3) is 0 Å². The molecule has 0 aromatic carbocycles. The van der Waals surface area contributed by atoms with Crippen LogP contribution in [0, 0.1) is 5.41 Å². The molecule has 1 heterocycles. The molecule has 0 bridgehead atoms. The number of rotatable bonds is 3. The predicted molar refractivity (Wildman–Crippen MR) is 67.2 cm³/mol. The van der Waals surface area contributed by atoms with Crippen molar-refractivity contribution in [3.05, 3.63) is 12.4 Å². The summed E-state index contributed by atoms with van der Waals surface area (Å²) >= 11 is 0. The van der Waals surface area contributed by atoms with E-state index in [0.717, 1.165) is 5.82 Å². The first-order valence-corrected chi connectivity index (χ1v) is 5.37. The standard InChI is InChI=1S/C11H21N5/c1-8(11(2,3)4)16(5)10-6-9(15-12)13-7-14-10/h6-8H,12H2,1-5H3,(H,13,14,15). The van der Waals surface area contributed by atoms with Gasteiger partial charge in [0.2, 0.25) is 0 Å². The Kier molecular flexibility index (Phi) is 3.70. The zero-order valence-corrected chi connectivity index (χ0v) is 10.7. The Bertz CT molecular complexity index is 344. The highest BCUT2D eigenvalue weighted by Gasteiger charge is 2.24. The van der Waals surface area contributed by atoms with Crippen molar-refractivity contribution in [3.63, 3.8) is 0 Å². The first-order chi connectivity index (χ1) is 7.36. The van der Waals surface area contributed by atoms with Gasteiger partial charge < -0.3 is 10.3 Å². The summed E-state index contributed by atoms with van der Waals surface area (Å²) in [6.45, 7) is 8.80. The third-order valence-corrected chi connectivity index (χ3v) is 3.00. The van der Waals surface area contributed by atoms with E-state index in [2.05, 4.69) is 48.0 Å². The van der Waals surface area contributed by atoms with Crippen LogP contribution >= 0.6 is 0 Å². The molecule has 5 heteroatoms. The number of aromatic nitrogens is 2. The van der Waals surface area contributed by atoms with Gasteiger partial charge >= 0.3 is 0 Å². The lowest BCUT2D eigenvalue weighted by molar-refractivity contribution is 0.328. The minimum absolute atomic E-state index is 0.190. The molecule has 0 aliphatic rings. The number of nitrogens with zero attached hydrogens (tertiary/aromatic N) is 3. The lowest BCUT2D eigenvalue weighted by atomic mass is 9.87. The van der Waals surface area contributed by atoms with Crippen LogP contribution < -0.4 is 16.2 Å². The maximum atomic E-state index is 5.32. The molecule has 3 N–H and O–H groups in total. The van der Waals surface area contributed by atoms with Gasteiger partial charge in [-0.1, -0.05) is 20.8 Å². The van der Waals surface area contributed by atoms with E-state index in [1.807, 2.05) is 13.1 Å². The number of hydrogen-bond donors (Lipinski definition) is 2. The summed E-state index contributed by atoms with van der Waals surface area (Å²) in [7, 11) is 2.03. The van der Waals surface area contributed by atoms with Crippen molar-refractivity contribution in [2.75, 3.05) is 17.4 Å². The van der Waals surface area contributed by atoms with Crippen LogP contribution in [0.5, 0.6) is 0 Å². The smallest absolute Gasteiger partial charge is 0.145 e. The molecule has 1 rings (SSSR count). The van der Waals surface area contributed by atoms with Gasteiger partial charge in [-0.15, -0.1) is 0 Å². The molecule has 90 valence electrons. The van der Waals surface area contributed by atoms with Crippen LogP contribution in [0.4, 0.5) is 11.6 Å². The monoisotopic (exact) mass is 223 g/mol. The molecular weight excluding hydrogens is 202 g/mol. The summed E-state index contributed by atoms with van der Waals surface area (Å²) in [5, 5.41) is 0. The van der Waals surface area contributed by atoms with E-state index in [4.69, 9.17) is 5.84 Å². The fraction of sp³-hybridized carbons (Fsp3) is 0.636. The Labute approximate surface area is 97.0 Å². The topological polar surface area (TPSA) is 67.1 Å². The molecule has 0 radical (unpaired) electrons. The second-order valence-corrected chi connectivity index (χ2v) is 5.06. The summed E-state index contributed by atoms with van der Waals surface area (Å²) in [5.74, 6) is 6.81. The Hall–Kier alpha value is -1.36. The number of nitrogens with two attached hydrogens (primary N) is 1. The van der Waals surface area contributed by atoms with Gasteiger partial charge in [0, 0.05) is 19.2 Å². The fourth-order valence-corrected chi connectivity index (χ4v) is 1.40. The van der Waals surface area contributed by atoms with Crippen molar-refractivity contribution >= 4 is 11.6 Å². The summed E-state index contributed by atoms with van der Waals surface area (Å²) in [6.07, 6.45) is 1.51. The van der Waals surface area contributed by atoms with Crippen molar-refractivity contribution < 1.29 is 0 Å². The lowest BCUT2D eigenvalue weighted by Crippen LogP contribution is -2.39. The van der Waals surface area contributed by atoms with E-state index in [9.17, 15) is 0 Å². The van der Waals surface area contributed by atoms with Crippen LogP contribution in [0.15, 0.2) is 12.4 Å². The average Bonchev–Trinajstić information content (AvgIpc) is 2.26. The summed E-state index contributed by atoms with van der Waals surface area (Å²) in [5.41, 5.74) is 2.71. The number of anilines is 2. The third-order valence-electron chi connectivity index (χ3n) is 3.00. The molecule has 0 aliphatic heterocycles. The minimum Gasteiger partial charge on any atom is -0.356 e. The molecule has 16 heavy (non-hydrogen) atoms. The minimum atomic E-state index is 0.190. The molecule has 1 aromatic heterocycles. The SMILES string of the molecule is CC(N(C)c1cc(NN)ncn1)C(C)(C)C. The first kappa shape index (κ1) is 12.7. The highest BCUT2D eigenvalue weighted by atomic mass is 15.3. The van der Waals surface area contributed by atoms with Crippen molar-refractivity contribution in [1.82, 2.24) is 9.97 Å². The highest BCUT2D eigenvalue weighted by molar-refractivity contribution is 5.48. The Morgan fingerprint density at radius 2 is 2.00 bits per heavy atom. The second-order valence-electron chi connectivity index (χ2n) is 5.06. The summed E-state index contributed by atoms with van der Waals surface area (Å²) < 4.78 is 0. The Balaban J connectivity index is 2.91. The zero-order valence-electron chi connectivity index (χ0n) is 10.7. The zero-order chi connectivity index (χ0) is 12.3. The van der Waals surface area contributed by atoms with Crippen molar-refractivity contribution in [2.45, 2.75) is 33.7 Å².